The first kappa shape index (κ1) is 17.9. The quantitative estimate of drug-likeness (QED) is 0.748. The highest BCUT2D eigenvalue weighted by Gasteiger charge is 2.24. The van der Waals surface area contributed by atoms with Crippen LogP contribution in [0.15, 0.2) is 52.2 Å². The molecule has 0 atom stereocenters. The van der Waals surface area contributed by atoms with Gasteiger partial charge < -0.3 is 14.2 Å². The largest absolute Gasteiger partial charge is 0.472 e. The van der Waals surface area contributed by atoms with Gasteiger partial charge in [-0.25, -0.2) is 0 Å². The van der Waals surface area contributed by atoms with E-state index in [1.165, 1.54) is 12.5 Å². The number of carbonyl (C=O) groups is 2. The number of thioether (sulfide) groups is 1. The van der Waals surface area contributed by atoms with Crippen molar-refractivity contribution in [3.8, 4) is 0 Å². The summed E-state index contributed by atoms with van der Waals surface area (Å²) in [5, 5.41) is 0.711. The van der Waals surface area contributed by atoms with Gasteiger partial charge in [0.25, 0.3) is 5.91 Å². The van der Waals surface area contributed by atoms with Crippen molar-refractivity contribution in [2.75, 3.05) is 31.9 Å². The number of rotatable bonds is 5. The Morgan fingerprint density at radius 1 is 1.04 bits per heavy atom. The molecule has 2 aromatic rings. The number of halogens is 1. The summed E-state index contributed by atoms with van der Waals surface area (Å²) in [6.45, 7) is 2.27. The Kier molecular flexibility index (Phi) is 6.04. The lowest BCUT2D eigenvalue weighted by molar-refractivity contribution is -0.132. The van der Waals surface area contributed by atoms with Crippen molar-refractivity contribution in [3.05, 3.63) is 53.4 Å². The smallest absolute Gasteiger partial charge is 0.257 e. The Morgan fingerprint density at radius 3 is 2.36 bits per heavy atom. The molecule has 0 N–H and O–H groups in total. The molecule has 0 unspecified atom stereocenters. The van der Waals surface area contributed by atoms with Crippen LogP contribution in [0.2, 0.25) is 5.02 Å². The van der Waals surface area contributed by atoms with Gasteiger partial charge >= 0.3 is 0 Å². The predicted molar refractivity (Wildman–Crippen MR) is 98.0 cm³/mol. The minimum atomic E-state index is -0.0425. The summed E-state index contributed by atoms with van der Waals surface area (Å²) in [4.78, 5) is 29.3. The van der Waals surface area contributed by atoms with Gasteiger partial charge in [-0.3, -0.25) is 9.59 Å². The van der Waals surface area contributed by atoms with Gasteiger partial charge in [0.2, 0.25) is 5.91 Å². The van der Waals surface area contributed by atoms with Crippen LogP contribution in [-0.2, 0) is 4.79 Å². The SMILES string of the molecule is O=C(CCSc1ccc(Cl)cc1)N1CCN(C(=O)c2ccoc2)CC1. The highest BCUT2D eigenvalue weighted by Crippen LogP contribution is 2.21. The molecule has 0 aliphatic carbocycles. The molecule has 25 heavy (non-hydrogen) atoms. The number of hydrogen-bond acceptors (Lipinski definition) is 4. The summed E-state index contributed by atoms with van der Waals surface area (Å²) in [6, 6.07) is 9.27. The Morgan fingerprint density at radius 2 is 1.72 bits per heavy atom. The maximum absolute atomic E-state index is 12.3. The molecule has 0 radical (unpaired) electrons. The van der Waals surface area contributed by atoms with Crippen molar-refractivity contribution in [1.29, 1.82) is 0 Å². The second kappa shape index (κ2) is 8.45. The van der Waals surface area contributed by atoms with E-state index in [1.54, 1.807) is 22.7 Å². The van der Waals surface area contributed by atoms with Crippen LogP contribution in [-0.4, -0.2) is 53.5 Å². The third kappa shape index (κ3) is 4.80. The zero-order valence-electron chi connectivity index (χ0n) is 13.7. The van der Waals surface area contributed by atoms with E-state index >= 15 is 0 Å². The molecular weight excluding hydrogens is 360 g/mol. The third-order valence-corrected chi connectivity index (χ3v) is 5.35. The maximum Gasteiger partial charge on any atom is 0.257 e. The van der Waals surface area contributed by atoms with Crippen molar-refractivity contribution in [2.24, 2.45) is 0 Å². The van der Waals surface area contributed by atoms with Gasteiger partial charge in [-0.1, -0.05) is 11.6 Å². The highest BCUT2D eigenvalue weighted by molar-refractivity contribution is 7.99. The van der Waals surface area contributed by atoms with Crippen LogP contribution in [0.3, 0.4) is 0 Å². The van der Waals surface area contributed by atoms with Gasteiger partial charge in [0.05, 0.1) is 11.8 Å². The van der Waals surface area contributed by atoms with E-state index in [9.17, 15) is 9.59 Å². The normalized spacial score (nSPS) is 14.6. The molecule has 2 heterocycles. The zero-order chi connectivity index (χ0) is 17.6. The Labute approximate surface area is 155 Å². The average molecular weight is 379 g/mol. The lowest BCUT2D eigenvalue weighted by Crippen LogP contribution is -2.50. The molecule has 1 saturated heterocycles. The number of benzene rings is 1. The molecular formula is C18H19ClN2O3S. The van der Waals surface area contributed by atoms with Crippen molar-refractivity contribution < 1.29 is 14.0 Å². The van der Waals surface area contributed by atoms with E-state index in [-0.39, 0.29) is 11.8 Å². The Hall–Kier alpha value is -1.92. The predicted octanol–water partition coefficient (Wildman–Crippen LogP) is 3.40. The van der Waals surface area contributed by atoms with Crippen LogP contribution >= 0.6 is 23.4 Å². The topological polar surface area (TPSA) is 53.8 Å². The molecule has 0 spiro atoms. The van der Waals surface area contributed by atoms with Crippen LogP contribution < -0.4 is 0 Å². The maximum atomic E-state index is 12.3. The van der Waals surface area contributed by atoms with E-state index in [4.69, 9.17) is 16.0 Å². The lowest BCUT2D eigenvalue weighted by Gasteiger charge is -2.34. The third-order valence-electron chi connectivity index (χ3n) is 4.09. The van der Waals surface area contributed by atoms with E-state index in [0.29, 0.717) is 43.2 Å². The molecule has 132 valence electrons. The Bertz CT molecular complexity index is 710. The minimum absolute atomic E-state index is 0.0425. The van der Waals surface area contributed by atoms with Gasteiger partial charge in [0.1, 0.15) is 6.26 Å². The van der Waals surface area contributed by atoms with Gasteiger partial charge in [-0.15, -0.1) is 11.8 Å². The molecule has 1 fully saturated rings. The summed E-state index contributed by atoms with van der Waals surface area (Å²) < 4.78 is 4.95. The Balaban J connectivity index is 1.41. The number of hydrogen-bond donors (Lipinski definition) is 0. The molecule has 1 aliphatic heterocycles. The van der Waals surface area contributed by atoms with Crippen LogP contribution in [0.5, 0.6) is 0 Å². The van der Waals surface area contributed by atoms with Gasteiger partial charge in [0.15, 0.2) is 0 Å². The summed E-state index contributed by atoms with van der Waals surface area (Å²) in [7, 11) is 0. The van der Waals surface area contributed by atoms with E-state index in [2.05, 4.69) is 0 Å². The molecule has 2 amide bonds. The number of amides is 2. The van der Waals surface area contributed by atoms with E-state index in [0.717, 1.165) is 10.6 Å². The molecule has 0 bridgehead atoms. The van der Waals surface area contributed by atoms with Gasteiger partial charge in [-0.2, -0.15) is 0 Å². The fourth-order valence-electron chi connectivity index (χ4n) is 2.67. The van der Waals surface area contributed by atoms with Crippen LogP contribution in [0.25, 0.3) is 0 Å². The summed E-state index contributed by atoms with van der Waals surface area (Å²) >= 11 is 7.51. The standard InChI is InChI=1S/C18H19ClN2O3S/c19-15-1-3-16(4-2-15)25-12-6-17(22)20-7-9-21(10-8-20)18(23)14-5-11-24-13-14/h1-5,11,13H,6-10,12H2. The molecule has 5 nitrogen and oxygen atoms in total. The van der Waals surface area contributed by atoms with E-state index in [1.807, 2.05) is 29.2 Å². The van der Waals surface area contributed by atoms with Crippen molar-refractivity contribution >= 4 is 35.2 Å². The molecule has 1 aromatic carbocycles. The monoisotopic (exact) mass is 378 g/mol. The number of furan rings is 1. The van der Waals surface area contributed by atoms with Crippen LogP contribution in [0, 0.1) is 0 Å². The first-order valence-electron chi connectivity index (χ1n) is 8.11. The summed E-state index contributed by atoms with van der Waals surface area (Å²) in [5.74, 6) is 0.824. The molecule has 3 rings (SSSR count). The highest BCUT2D eigenvalue weighted by atomic mass is 35.5. The van der Waals surface area contributed by atoms with Crippen molar-refractivity contribution in [3.63, 3.8) is 0 Å². The lowest BCUT2D eigenvalue weighted by atomic mass is 10.2. The van der Waals surface area contributed by atoms with E-state index < -0.39 is 0 Å². The first-order valence-corrected chi connectivity index (χ1v) is 9.47. The molecule has 1 aromatic heterocycles. The molecule has 7 heteroatoms. The second-order valence-electron chi connectivity index (χ2n) is 5.74. The summed E-state index contributed by atoms with van der Waals surface area (Å²) in [5.41, 5.74) is 0.555. The zero-order valence-corrected chi connectivity index (χ0v) is 15.3. The fraction of sp³-hybridized carbons (Fsp3) is 0.333. The van der Waals surface area contributed by atoms with Crippen molar-refractivity contribution in [2.45, 2.75) is 11.3 Å². The van der Waals surface area contributed by atoms with Crippen LogP contribution in [0.1, 0.15) is 16.8 Å². The minimum Gasteiger partial charge on any atom is -0.472 e. The second-order valence-corrected chi connectivity index (χ2v) is 7.34. The van der Waals surface area contributed by atoms with Crippen LogP contribution in [0.4, 0.5) is 0 Å². The molecule has 1 aliphatic rings. The van der Waals surface area contributed by atoms with Crippen molar-refractivity contribution in [1.82, 2.24) is 9.80 Å². The summed E-state index contributed by atoms with van der Waals surface area (Å²) in [6.07, 6.45) is 3.43. The molecule has 0 saturated carbocycles. The average Bonchev–Trinajstić information content (AvgIpc) is 3.17. The number of carbonyl (C=O) groups excluding carboxylic acids is 2. The first-order chi connectivity index (χ1) is 12.1. The van der Waals surface area contributed by atoms with Gasteiger partial charge in [0, 0.05) is 48.3 Å². The fourth-order valence-corrected chi connectivity index (χ4v) is 3.64. The number of piperazine rings is 1. The number of nitrogens with zero attached hydrogens (tertiary/aromatic N) is 2. The van der Waals surface area contributed by atoms with Gasteiger partial charge in [-0.05, 0) is 30.3 Å².